The zero-order valence-corrected chi connectivity index (χ0v) is 22.8. The van der Waals surface area contributed by atoms with Crippen molar-refractivity contribution < 1.29 is 24.9 Å². The molecule has 0 saturated heterocycles. The summed E-state index contributed by atoms with van der Waals surface area (Å²) < 4.78 is 0. The van der Waals surface area contributed by atoms with Gasteiger partial charge in [-0.2, -0.15) is 0 Å². The van der Waals surface area contributed by atoms with Crippen LogP contribution in [0.15, 0.2) is 12.2 Å². The number of hydrogen-bond donors (Lipinski definition) is 3. The fraction of sp³-hybridized carbons (Fsp3) is 0.867. The Morgan fingerprint density at radius 2 is 1.60 bits per heavy atom. The molecule has 4 aliphatic carbocycles. The van der Waals surface area contributed by atoms with Gasteiger partial charge in [-0.15, -0.1) is 0 Å². The predicted octanol–water partition coefficient (Wildman–Crippen LogP) is 6.40. The van der Waals surface area contributed by atoms with Crippen LogP contribution in [-0.4, -0.2) is 33.9 Å². The van der Waals surface area contributed by atoms with Crippen molar-refractivity contribution in [2.24, 2.45) is 56.7 Å². The highest BCUT2D eigenvalue weighted by Gasteiger charge is 2.70. The maximum absolute atomic E-state index is 12.3. The number of rotatable bonds is 6. The smallest absolute Gasteiger partial charge is 0.309 e. The SMILES string of the molecule is C=C(C)C1CC[C@]2(CO)CC[C@]3(C)C(CC[C@@H]4[C@@](C)(CC(=O)O)C(C(C)(C)C(=O)O)CC[C@]43C)C12. The molecule has 4 fully saturated rings. The van der Waals surface area contributed by atoms with Gasteiger partial charge in [0.1, 0.15) is 0 Å². The molecule has 0 radical (unpaired) electrons. The summed E-state index contributed by atoms with van der Waals surface area (Å²) >= 11 is 0. The molecular weight excluding hydrogens is 440 g/mol. The molecule has 0 aromatic heterocycles. The summed E-state index contributed by atoms with van der Waals surface area (Å²) in [5.74, 6) is -0.320. The Hall–Kier alpha value is -1.36. The molecule has 0 bridgehead atoms. The van der Waals surface area contributed by atoms with Gasteiger partial charge in [-0.1, -0.05) is 32.9 Å². The molecule has 4 rings (SSSR count). The van der Waals surface area contributed by atoms with E-state index in [4.69, 9.17) is 0 Å². The van der Waals surface area contributed by atoms with E-state index < -0.39 is 22.8 Å². The summed E-state index contributed by atoms with van der Waals surface area (Å²) in [5, 5.41) is 30.8. The Morgan fingerprint density at radius 3 is 2.14 bits per heavy atom. The topological polar surface area (TPSA) is 94.8 Å². The van der Waals surface area contributed by atoms with E-state index in [1.54, 1.807) is 13.8 Å². The van der Waals surface area contributed by atoms with Crippen molar-refractivity contribution >= 4 is 11.9 Å². The van der Waals surface area contributed by atoms with E-state index in [-0.39, 0.29) is 41.1 Å². The third-order valence-corrected chi connectivity index (χ3v) is 12.8. The second-order valence-electron chi connectivity index (χ2n) is 14.3. The van der Waals surface area contributed by atoms with E-state index in [9.17, 15) is 24.9 Å². The van der Waals surface area contributed by atoms with E-state index in [2.05, 4.69) is 34.3 Å². The van der Waals surface area contributed by atoms with Crippen LogP contribution in [0.2, 0.25) is 0 Å². The van der Waals surface area contributed by atoms with Gasteiger partial charge in [0, 0.05) is 6.61 Å². The van der Waals surface area contributed by atoms with Crippen molar-refractivity contribution in [2.45, 2.75) is 99.3 Å². The molecule has 0 spiro atoms. The lowest BCUT2D eigenvalue weighted by Gasteiger charge is -2.71. The molecule has 4 aliphatic rings. The minimum absolute atomic E-state index is 0.0101. The predicted molar refractivity (Wildman–Crippen MR) is 137 cm³/mol. The van der Waals surface area contributed by atoms with Crippen LogP contribution in [0.5, 0.6) is 0 Å². The van der Waals surface area contributed by atoms with E-state index in [0.717, 1.165) is 51.4 Å². The molecule has 0 amide bonds. The average molecular weight is 489 g/mol. The molecule has 9 atom stereocenters. The number of carboxylic acid groups (broad SMARTS) is 2. The normalized spacial score (nSPS) is 47.3. The van der Waals surface area contributed by atoms with E-state index >= 15 is 0 Å². The highest BCUT2D eigenvalue weighted by atomic mass is 16.4. The lowest BCUT2D eigenvalue weighted by molar-refractivity contribution is -0.234. The quantitative estimate of drug-likeness (QED) is 0.376. The summed E-state index contributed by atoms with van der Waals surface area (Å²) in [6, 6.07) is 0. The van der Waals surface area contributed by atoms with Crippen LogP contribution in [-0.2, 0) is 9.59 Å². The molecule has 0 aliphatic heterocycles. The first-order valence-corrected chi connectivity index (χ1v) is 13.8. The van der Waals surface area contributed by atoms with E-state index in [1.807, 2.05) is 0 Å². The van der Waals surface area contributed by atoms with Gasteiger partial charge in [0.05, 0.1) is 11.8 Å². The molecule has 0 aromatic carbocycles. The first kappa shape index (κ1) is 26.7. The van der Waals surface area contributed by atoms with Gasteiger partial charge < -0.3 is 15.3 Å². The Kier molecular flexibility index (Phi) is 6.35. The number of carboxylic acids is 2. The van der Waals surface area contributed by atoms with Gasteiger partial charge in [0.25, 0.3) is 0 Å². The van der Waals surface area contributed by atoms with E-state index in [0.29, 0.717) is 17.8 Å². The fourth-order valence-corrected chi connectivity index (χ4v) is 10.8. The molecule has 4 unspecified atom stereocenters. The van der Waals surface area contributed by atoms with Crippen molar-refractivity contribution in [1.82, 2.24) is 0 Å². The zero-order valence-electron chi connectivity index (χ0n) is 22.8. The molecule has 5 nitrogen and oxygen atoms in total. The van der Waals surface area contributed by atoms with Crippen molar-refractivity contribution in [3.05, 3.63) is 12.2 Å². The van der Waals surface area contributed by atoms with Crippen LogP contribution in [0.25, 0.3) is 0 Å². The molecule has 0 aromatic rings. The Labute approximate surface area is 211 Å². The Morgan fingerprint density at radius 1 is 0.943 bits per heavy atom. The van der Waals surface area contributed by atoms with Gasteiger partial charge in [-0.3, -0.25) is 9.59 Å². The largest absolute Gasteiger partial charge is 0.481 e. The summed E-state index contributed by atoms with van der Waals surface area (Å²) in [6.07, 6.45) is 7.94. The zero-order chi connectivity index (χ0) is 26.2. The minimum atomic E-state index is -0.974. The highest BCUT2D eigenvalue weighted by molar-refractivity contribution is 5.75. The first-order valence-electron chi connectivity index (χ1n) is 13.8. The molecule has 0 heterocycles. The standard InChI is InChI=1S/C30H48O5/c1-18(2)19-10-13-30(17-31)15-14-28(6)20(24(19)30)8-9-22-27(5,16-23(32)33)21(11-12-29(22,28)7)26(3,4)25(34)35/h19-22,24,31H,1,8-17H2,2-7H3,(H,32,33)(H,34,35)/t19?,20?,21?,22-,24?,27+,28-,29-,30-/m1/s1. The van der Waals surface area contributed by atoms with Crippen molar-refractivity contribution in [3.63, 3.8) is 0 Å². The number of aliphatic hydroxyl groups is 1. The molecule has 198 valence electrons. The fourth-order valence-electron chi connectivity index (χ4n) is 10.8. The summed E-state index contributed by atoms with van der Waals surface area (Å²) in [4.78, 5) is 24.6. The maximum Gasteiger partial charge on any atom is 0.309 e. The highest BCUT2D eigenvalue weighted by Crippen LogP contribution is 2.76. The second-order valence-corrected chi connectivity index (χ2v) is 14.3. The third-order valence-electron chi connectivity index (χ3n) is 12.8. The number of aliphatic carboxylic acids is 2. The third kappa shape index (κ3) is 3.49. The van der Waals surface area contributed by atoms with E-state index in [1.165, 1.54) is 5.57 Å². The number of hydrogen-bond acceptors (Lipinski definition) is 3. The number of carbonyl (C=O) groups is 2. The Bertz CT molecular complexity index is 908. The molecular formula is C30H48O5. The van der Waals surface area contributed by atoms with Crippen molar-refractivity contribution in [3.8, 4) is 0 Å². The van der Waals surface area contributed by atoms with Crippen LogP contribution < -0.4 is 0 Å². The first-order chi connectivity index (χ1) is 16.1. The number of fused-ring (bicyclic) bond motifs is 5. The summed E-state index contributed by atoms with van der Waals surface area (Å²) in [6.45, 7) is 17.3. The average Bonchev–Trinajstić information content (AvgIpc) is 3.14. The lowest BCUT2D eigenvalue weighted by Crippen LogP contribution is -2.65. The van der Waals surface area contributed by atoms with Crippen molar-refractivity contribution in [2.75, 3.05) is 6.61 Å². The van der Waals surface area contributed by atoms with Gasteiger partial charge in [-0.25, -0.2) is 0 Å². The van der Waals surface area contributed by atoms with Crippen LogP contribution in [0, 0.1) is 56.7 Å². The van der Waals surface area contributed by atoms with Crippen molar-refractivity contribution in [1.29, 1.82) is 0 Å². The molecule has 3 N–H and O–H groups in total. The molecule has 5 heteroatoms. The second kappa shape index (κ2) is 8.33. The van der Waals surface area contributed by atoms with Crippen LogP contribution in [0.4, 0.5) is 0 Å². The number of allylic oxidation sites excluding steroid dienone is 1. The number of aliphatic hydroxyl groups excluding tert-OH is 1. The van der Waals surface area contributed by atoms with Gasteiger partial charge in [0.15, 0.2) is 0 Å². The van der Waals surface area contributed by atoms with Gasteiger partial charge in [-0.05, 0) is 123 Å². The lowest BCUT2D eigenvalue weighted by atomic mass is 9.33. The summed E-state index contributed by atoms with van der Waals surface area (Å²) in [7, 11) is 0. The van der Waals surface area contributed by atoms with Crippen LogP contribution in [0.1, 0.15) is 99.3 Å². The monoisotopic (exact) mass is 488 g/mol. The minimum Gasteiger partial charge on any atom is -0.481 e. The Balaban J connectivity index is 1.80. The molecule has 35 heavy (non-hydrogen) atoms. The summed E-state index contributed by atoms with van der Waals surface area (Å²) in [5.41, 5.74) is -0.347. The van der Waals surface area contributed by atoms with Gasteiger partial charge in [0.2, 0.25) is 0 Å². The maximum atomic E-state index is 12.3. The van der Waals surface area contributed by atoms with Gasteiger partial charge >= 0.3 is 11.9 Å². The van der Waals surface area contributed by atoms with Crippen LogP contribution >= 0.6 is 0 Å². The van der Waals surface area contributed by atoms with Crippen LogP contribution in [0.3, 0.4) is 0 Å². The molecule has 4 saturated carbocycles.